The number of benzene rings is 3. The van der Waals surface area contributed by atoms with E-state index in [0.717, 1.165) is 11.1 Å². The van der Waals surface area contributed by atoms with Gasteiger partial charge in [-0.2, -0.15) is 0 Å². The lowest BCUT2D eigenvalue weighted by molar-refractivity contribution is 0.0526. The quantitative estimate of drug-likeness (QED) is 0.317. The van der Waals surface area contributed by atoms with Crippen molar-refractivity contribution in [3.05, 3.63) is 98.9 Å². The number of carbonyl (C=O) groups is 1. The molecule has 0 bridgehead atoms. The van der Waals surface area contributed by atoms with Gasteiger partial charge in [0.15, 0.2) is 0 Å². The molecule has 2 heterocycles. The molecule has 35 heavy (non-hydrogen) atoms. The molecule has 3 aromatic carbocycles. The molecule has 8 heteroatoms. The van der Waals surface area contributed by atoms with E-state index in [1.54, 1.807) is 43.3 Å². The van der Waals surface area contributed by atoms with Gasteiger partial charge >= 0.3 is 5.97 Å². The molecule has 0 unspecified atom stereocenters. The van der Waals surface area contributed by atoms with Crippen LogP contribution in [0.2, 0.25) is 5.02 Å². The van der Waals surface area contributed by atoms with Crippen molar-refractivity contribution in [2.24, 2.45) is 0 Å². The van der Waals surface area contributed by atoms with Gasteiger partial charge in [-0.05, 0) is 55.0 Å². The van der Waals surface area contributed by atoms with Gasteiger partial charge in [-0.1, -0.05) is 29.8 Å². The smallest absolute Gasteiger partial charge is 0.338 e. The Bertz CT molecular complexity index is 1450. The van der Waals surface area contributed by atoms with E-state index in [1.807, 2.05) is 24.3 Å². The van der Waals surface area contributed by atoms with Gasteiger partial charge in [0, 0.05) is 18.1 Å². The van der Waals surface area contributed by atoms with Crippen LogP contribution < -0.4 is 14.9 Å². The van der Waals surface area contributed by atoms with Crippen LogP contribution in [0.4, 0.5) is 0 Å². The van der Waals surface area contributed by atoms with E-state index in [9.17, 15) is 9.59 Å². The number of hydrogen-bond acceptors (Lipinski definition) is 7. The van der Waals surface area contributed by atoms with Crippen molar-refractivity contribution < 1.29 is 23.4 Å². The van der Waals surface area contributed by atoms with Crippen LogP contribution in [0.3, 0.4) is 0 Å². The molecule has 0 radical (unpaired) electrons. The molecule has 0 aliphatic carbocycles. The largest absolute Gasteiger partial charge is 0.478 e. The molecule has 178 valence electrons. The summed E-state index contributed by atoms with van der Waals surface area (Å²) in [5.74, 6) is 0.710. The van der Waals surface area contributed by atoms with Crippen molar-refractivity contribution in [1.29, 1.82) is 0 Å². The third-order valence-corrected chi connectivity index (χ3v) is 6.07. The van der Waals surface area contributed by atoms with Gasteiger partial charge in [0.1, 0.15) is 30.1 Å². The van der Waals surface area contributed by atoms with E-state index in [-0.39, 0.29) is 11.2 Å². The lowest BCUT2D eigenvalue weighted by Crippen LogP contribution is -2.31. The Hall–Kier alpha value is -3.81. The van der Waals surface area contributed by atoms with E-state index >= 15 is 0 Å². The van der Waals surface area contributed by atoms with Crippen LogP contribution in [-0.2, 0) is 17.8 Å². The number of hydrogen-bond donors (Lipinski definition) is 0. The molecule has 0 N–H and O–H groups in total. The first-order chi connectivity index (χ1) is 17.0. The molecule has 4 aromatic rings. The number of rotatable bonds is 6. The van der Waals surface area contributed by atoms with Gasteiger partial charge in [0.2, 0.25) is 11.2 Å². The van der Waals surface area contributed by atoms with Crippen molar-refractivity contribution in [2.45, 2.75) is 20.0 Å². The van der Waals surface area contributed by atoms with Crippen molar-refractivity contribution in [3.63, 3.8) is 0 Å². The number of nitrogens with zero attached hydrogens (tertiary/aromatic N) is 1. The fourth-order valence-corrected chi connectivity index (χ4v) is 4.17. The Balaban J connectivity index is 1.39. The second kappa shape index (κ2) is 9.82. The van der Waals surface area contributed by atoms with E-state index in [2.05, 4.69) is 4.90 Å². The normalized spacial score (nSPS) is 13.2. The minimum absolute atomic E-state index is 0.0472. The zero-order valence-corrected chi connectivity index (χ0v) is 19.7. The van der Waals surface area contributed by atoms with Crippen LogP contribution in [0.5, 0.6) is 17.2 Å². The second-order valence-corrected chi connectivity index (χ2v) is 8.45. The Morgan fingerprint density at radius 2 is 1.89 bits per heavy atom. The van der Waals surface area contributed by atoms with Gasteiger partial charge in [-0.15, -0.1) is 0 Å². The molecular formula is C27H22ClNO6. The van der Waals surface area contributed by atoms with Crippen LogP contribution in [0.25, 0.3) is 11.0 Å². The van der Waals surface area contributed by atoms with Crippen LogP contribution in [-0.4, -0.2) is 24.2 Å². The topological polar surface area (TPSA) is 78.2 Å². The average molecular weight is 492 g/mol. The van der Waals surface area contributed by atoms with Crippen molar-refractivity contribution in [1.82, 2.24) is 4.90 Å². The predicted molar refractivity (Wildman–Crippen MR) is 131 cm³/mol. The summed E-state index contributed by atoms with van der Waals surface area (Å²) in [6.07, 6.45) is 1.30. The number of halogens is 1. The third kappa shape index (κ3) is 4.73. The highest BCUT2D eigenvalue weighted by molar-refractivity contribution is 6.31. The first kappa shape index (κ1) is 23.0. The van der Waals surface area contributed by atoms with E-state index in [0.29, 0.717) is 59.5 Å². The fourth-order valence-electron chi connectivity index (χ4n) is 3.98. The summed E-state index contributed by atoms with van der Waals surface area (Å²) in [5.41, 5.74) is 2.35. The highest BCUT2D eigenvalue weighted by Crippen LogP contribution is 2.33. The molecule has 1 aromatic heterocycles. The third-order valence-electron chi connectivity index (χ3n) is 5.70. The zero-order valence-electron chi connectivity index (χ0n) is 19.0. The van der Waals surface area contributed by atoms with Crippen LogP contribution >= 0.6 is 11.6 Å². The van der Waals surface area contributed by atoms with Gasteiger partial charge < -0.3 is 18.6 Å². The number of esters is 1. The maximum atomic E-state index is 13.2. The average Bonchev–Trinajstić information content (AvgIpc) is 2.87. The van der Waals surface area contributed by atoms with E-state index in [1.165, 1.54) is 6.26 Å². The molecular weight excluding hydrogens is 470 g/mol. The van der Waals surface area contributed by atoms with Gasteiger partial charge in [0.05, 0.1) is 23.1 Å². The van der Waals surface area contributed by atoms with Crippen LogP contribution in [0, 0.1) is 0 Å². The monoisotopic (exact) mass is 491 g/mol. The van der Waals surface area contributed by atoms with Crippen molar-refractivity contribution in [2.75, 3.05) is 13.3 Å². The summed E-state index contributed by atoms with van der Waals surface area (Å²) in [6, 6.07) is 17.5. The van der Waals surface area contributed by atoms with E-state index < -0.39 is 5.97 Å². The van der Waals surface area contributed by atoms with Crippen molar-refractivity contribution >= 4 is 28.5 Å². The first-order valence-electron chi connectivity index (χ1n) is 11.1. The molecule has 0 saturated heterocycles. The highest BCUT2D eigenvalue weighted by atomic mass is 35.5. The van der Waals surface area contributed by atoms with E-state index in [4.69, 9.17) is 30.2 Å². The maximum Gasteiger partial charge on any atom is 0.338 e. The lowest BCUT2D eigenvalue weighted by atomic mass is 10.1. The maximum absolute atomic E-state index is 13.2. The highest BCUT2D eigenvalue weighted by Gasteiger charge is 2.23. The Kier molecular flexibility index (Phi) is 6.44. The van der Waals surface area contributed by atoms with Gasteiger partial charge in [-0.3, -0.25) is 9.69 Å². The van der Waals surface area contributed by atoms with Crippen LogP contribution in [0.1, 0.15) is 28.4 Å². The molecule has 0 amide bonds. The summed E-state index contributed by atoms with van der Waals surface area (Å²) in [7, 11) is 0. The standard InChI is InChI=1S/C27H22ClNO6/c1-2-32-27(31)17-7-9-19(10-8-17)35-24-15-33-26-20(25(24)30)11-12-23-21(26)14-29(16-34-23)13-18-5-3-4-6-22(18)28/h3-12,15H,2,13-14,16H2,1H3. The zero-order chi connectivity index (χ0) is 24.4. The SMILES string of the molecule is CCOC(=O)c1ccc(Oc2coc3c4c(ccc3c2=O)OCN(Cc2ccccc2Cl)C4)cc1. The number of ether oxygens (including phenoxy) is 3. The molecule has 0 atom stereocenters. The van der Waals surface area contributed by atoms with Crippen molar-refractivity contribution in [3.8, 4) is 17.2 Å². The lowest BCUT2D eigenvalue weighted by Gasteiger charge is -2.29. The molecule has 0 saturated carbocycles. The molecule has 5 rings (SSSR count). The summed E-state index contributed by atoms with van der Waals surface area (Å²) >= 11 is 6.32. The second-order valence-electron chi connectivity index (χ2n) is 8.05. The molecule has 7 nitrogen and oxygen atoms in total. The minimum atomic E-state index is -0.417. The van der Waals surface area contributed by atoms with Gasteiger partial charge in [-0.25, -0.2) is 4.79 Å². The van der Waals surface area contributed by atoms with Crippen LogP contribution in [0.15, 0.2) is 76.1 Å². The summed E-state index contributed by atoms with van der Waals surface area (Å²) in [4.78, 5) is 27.1. The summed E-state index contributed by atoms with van der Waals surface area (Å²) < 4.78 is 22.5. The molecule has 0 spiro atoms. The minimum Gasteiger partial charge on any atom is -0.478 e. The first-order valence-corrected chi connectivity index (χ1v) is 11.5. The number of carbonyl (C=O) groups excluding carboxylic acids is 1. The predicted octanol–water partition coefficient (Wildman–Crippen LogP) is 5.77. The summed E-state index contributed by atoms with van der Waals surface area (Å²) in [6.45, 7) is 3.58. The van der Waals surface area contributed by atoms with Gasteiger partial charge in [0.25, 0.3) is 0 Å². The molecule has 0 fully saturated rings. The Labute approximate surface area is 206 Å². The number of fused-ring (bicyclic) bond motifs is 3. The Morgan fingerprint density at radius 1 is 1.09 bits per heavy atom. The summed E-state index contributed by atoms with van der Waals surface area (Å²) in [5, 5.41) is 1.09. The molecule has 1 aliphatic rings. The fraction of sp³-hybridized carbons (Fsp3) is 0.185. The Morgan fingerprint density at radius 3 is 2.66 bits per heavy atom. The molecule has 1 aliphatic heterocycles.